The molecule has 1 saturated carbocycles. The van der Waals surface area contributed by atoms with Crippen LogP contribution in [0.5, 0.6) is 0 Å². The van der Waals surface area contributed by atoms with Gasteiger partial charge in [0.15, 0.2) is 0 Å². The number of hydrogen-bond donors (Lipinski definition) is 2. The third kappa shape index (κ3) is 6.02. The molecule has 6 nitrogen and oxygen atoms in total. The van der Waals surface area contributed by atoms with Gasteiger partial charge in [-0.25, -0.2) is 4.79 Å². The van der Waals surface area contributed by atoms with Crippen LogP contribution in [0.15, 0.2) is 22.8 Å². The van der Waals surface area contributed by atoms with Crippen LogP contribution in [-0.2, 0) is 4.74 Å². The maximum absolute atomic E-state index is 12.1. The smallest absolute Gasteiger partial charge is 0.314 e. The lowest BCUT2D eigenvalue weighted by atomic mass is 9.98. The van der Waals surface area contributed by atoms with Gasteiger partial charge in [-0.3, -0.25) is 4.90 Å². The lowest BCUT2D eigenvalue weighted by Crippen LogP contribution is -2.42. The number of amides is 2. The fourth-order valence-electron chi connectivity index (χ4n) is 3.95. The average molecular weight is 364 g/mol. The van der Waals surface area contributed by atoms with Crippen molar-refractivity contribution in [3.63, 3.8) is 0 Å². The summed E-state index contributed by atoms with van der Waals surface area (Å²) in [6.07, 6.45) is 11.7. The van der Waals surface area contributed by atoms with E-state index in [1.807, 2.05) is 12.1 Å². The molecule has 1 aromatic heterocycles. The number of carbonyl (C=O) groups excluding carboxylic acids is 1. The summed E-state index contributed by atoms with van der Waals surface area (Å²) in [6.45, 7) is 4.07. The molecule has 1 aromatic rings. The highest BCUT2D eigenvalue weighted by Gasteiger charge is 2.25. The van der Waals surface area contributed by atoms with Gasteiger partial charge in [0.2, 0.25) is 0 Å². The van der Waals surface area contributed by atoms with Crippen molar-refractivity contribution in [2.45, 2.75) is 63.5 Å². The van der Waals surface area contributed by atoms with E-state index in [1.165, 1.54) is 44.9 Å². The molecule has 0 radical (unpaired) electrons. The highest BCUT2D eigenvalue weighted by molar-refractivity contribution is 5.73. The summed E-state index contributed by atoms with van der Waals surface area (Å²) in [5, 5.41) is 5.93. The Morgan fingerprint density at radius 1 is 1.19 bits per heavy atom. The van der Waals surface area contributed by atoms with E-state index in [1.54, 1.807) is 6.26 Å². The molecule has 3 rings (SSSR count). The summed E-state index contributed by atoms with van der Waals surface area (Å²) in [6, 6.07) is 3.90. The molecule has 0 spiro atoms. The van der Waals surface area contributed by atoms with E-state index in [-0.39, 0.29) is 12.1 Å². The normalized spacial score (nSPS) is 20.2. The highest BCUT2D eigenvalue weighted by Crippen LogP contribution is 2.24. The molecule has 2 amide bonds. The Labute approximate surface area is 156 Å². The van der Waals surface area contributed by atoms with Gasteiger partial charge in [0.25, 0.3) is 0 Å². The van der Waals surface area contributed by atoms with E-state index < -0.39 is 0 Å². The summed E-state index contributed by atoms with van der Waals surface area (Å²) in [5.41, 5.74) is 0. The molecule has 1 atom stereocenters. The standard InChI is InChI=1S/C20H33N3O3/c24-20(21-11-7-15-25-17-8-2-1-3-9-17)22-16-18(19-10-6-14-26-19)23-12-4-5-13-23/h6,10,14,17-18H,1-5,7-9,11-13,15-16H2,(H2,21,22,24). The van der Waals surface area contributed by atoms with Crippen molar-refractivity contribution in [1.29, 1.82) is 0 Å². The Kier molecular flexibility index (Phi) is 7.83. The van der Waals surface area contributed by atoms with Crippen molar-refractivity contribution in [3.05, 3.63) is 24.2 Å². The van der Waals surface area contributed by atoms with E-state index in [9.17, 15) is 4.79 Å². The van der Waals surface area contributed by atoms with Gasteiger partial charge in [-0.1, -0.05) is 19.3 Å². The number of furan rings is 1. The van der Waals surface area contributed by atoms with Gasteiger partial charge in [0.1, 0.15) is 5.76 Å². The molecular formula is C20H33N3O3. The molecule has 2 heterocycles. The maximum atomic E-state index is 12.1. The van der Waals surface area contributed by atoms with E-state index in [2.05, 4.69) is 15.5 Å². The molecule has 6 heteroatoms. The van der Waals surface area contributed by atoms with Gasteiger partial charge < -0.3 is 19.8 Å². The molecule has 2 aliphatic rings. The quantitative estimate of drug-likeness (QED) is 0.660. The first-order valence-electron chi connectivity index (χ1n) is 10.2. The van der Waals surface area contributed by atoms with Crippen LogP contribution in [-0.4, -0.2) is 49.8 Å². The van der Waals surface area contributed by atoms with Crippen molar-refractivity contribution in [3.8, 4) is 0 Å². The Morgan fingerprint density at radius 2 is 2.00 bits per heavy atom. The molecule has 1 saturated heterocycles. The first kappa shape index (κ1) is 19.2. The molecule has 146 valence electrons. The Hall–Kier alpha value is -1.53. The van der Waals surface area contributed by atoms with Crippen LogP contribution in [0.2, 0.25) is 0 Å². The number of nitrogens with one attached hydrogen (secondary N) is 2. The summed E-state index contributed by atoms with van der Waals surface area (Å²) in [4.78, 5) is 14.5. The number of ether oxygens (including phenoxy) is 1. The Bertz CT molecular complexity index is 508. The summed E-state index contributed by atoms with van der Waals surface area (Å²) in [7, 11) is 0. The average Bonchev–Trinajstić information content (AvgIpc) is 3.37. The third-order valence-electron chi connectivity index (χ3n) is 5.42. The second-order valence-electron chi connectivity index (χ2n) is 7.40. The van der Waals surface area contributed by atoms with Crippen molar-refractivity contribution in [2.75, 3.05) is 32.8 Å². The van der Waals surface area contributed by atoms with Gasteiger partial charge in [-0.2, -0.15) is 0 Å². The molecule has 0 bridgehead atoms. The minimum absolute atomic E-state index is 0.113. The zero-order valence-electron chi connectivity index (χ0n) is 15.8. The number of urea groups is 1. The predicted octanol–water partition coefficient (Wildman–Crippen LogP) is 3.46. The molecule has 26 heavy (non-hydrogen) atoms. The second kappa shape index (κ2) is 10.6. The minimum atomic E-state index is -0.113. The minimum Gasteiger partial charge on any atom is -0.468 e. The lowest BCUT2D eigenvalue weighted by molar-refractivity contribution is 0.0275. The van der Waals surface area contributed by atoms with Crippen LogP contribution in [0.1, 0.15) is 63.2 Å². The predicted molar refractivity (Wildman–Crippen MR) is 101 cm³/mol. The Morgan fingerprint density at radius 3 is 2.73 bits per heavy atom. The van der Waals surface area contributed by atoms with Crippen molar-refractivity contribution in [2.24, 2.45) is 0 Å². The zero-order chi connectivity index (χ0) is 18.0. The number of carbonyl (C=O) groups is 1. The first-order valence-corrected chi connectivity index (χ1v) is 10.2. The lowest BCUT2D eigenvalue weighted by Gasteiger charge is -2.26. The molecule has 1 aliphatic heterocycles. The van der Waals surface area contributed by atoms with Crippen molar-refractivity contribution in [1.82, 2.24) is 15.5 Å². The summed E-state index contributed by atoms with van der Waals surface area (Å²) >= 11 is 0. The van der Waals surface area contributed by atoms with Crippen LogP contribution in [0.25, 0.3) is 0 Å². The van der Waals surface area contributed by atoms with E-state index in [0.29, 0.717) is 19.2 Å². The van der Waals surface area contributed by atoms with Gasteiger partial charge in [0.05, 0.1) is 18.4 Å². The van der Waals surface area contributed by atoms with E-state index in [0.717, 1.165) is 31.9 Å². The number of nitrogens with zero attached hydrogens (tertiary/aromatic N) is 1. The Balaban J connectivity index is 1.30. The first-order chi connectivity index (χ1) is 12.8. The van der Waals surface area contributed by atoms with Crippen LogP contribution in [0.4, 0.5) is 4.79 Å². The van der Waals surface area contributed by atoms with Crippen LogP contribution < -0.4 is 10.6 Å². The fourth-order valence-corrected chi connectivity index (χ4v) is 3.95. The molecule has 1 unspecified atom stereocenters. The summed E-state index contributed by atoms with van der Waals surface area (Å²) < 4.78 is 11.5. The van der Waals surface area contributed by atoms with Crippen molar-refractivity contribution < 1.29 is 13.9 Å². The van der Waals surface area contributed by atoms with Crippen molar-refractivity contribution >= 4 is 6.03 Å². The third-order valence-corrected chi connectivity index (χ3v) is 5.42. The second-order valence-corrected chi connectivity index (χ2v) is 7.40. The van der Waals surface area contributed by atoms with Crippen LogP contribution in [0, 0.1) is 0 Å². The molecule has 2 fully saturated rings. The van der Waals surface area contributed by atoms with Gasteiger partial charge in [0, 0.05) is 19.7 Å². The number of hydrogen-bond acceptors (Lipinski definition) is 4. The molecular weight excluding hydrogens is 330 g/mol. The zero-order valence-corrected chi connectivity index (χ0v) is 15.8. The maximum Gasteiger partial charge on any atom is 0.314 e. The van der Waals surface area contributed by atoms with Crippen LogP contribution >= 0.6 is 0 Å². The largest absolute Gasteiger partial charge is 0.468 e. The SMILES string of the molecule is O=C(NCCCOC1CCCCC1)NCC(c1ccco1)N1CCCC1. The molecule has 2 N–H and O–H groups in total. The van der Waals surface area contributed by atoms with Gasteiger partial charge in [-0.15, -0.1) is 0 Å². The van der Waals surface area contributed by atoms with E-state index >= 15 is 0 Å². The van der Waals surface area contributed by atoms with Gasteiger partial charge in [-0.05, 0) is 57.3 Å². The van der Waals surface area contributed by atoms with Crippen LogP contribution in [0.3, 0.4) is 0 Å². The highest BCUT2D eigenvalue weighted by atomic mass is 16.5. The summed E-state index contributed by atoms with van der Waals surface area (Å²) in [5.74, 6) is 0.924. The topological polar surface area (TPSA) is 66.7 Å². The number of likely N-dealkylation sites (tertiary alicyclic amines) is 1. The number of rotatable bonds is 9. The molecule has 1 aliphatic carbocycles. The van der Waals surface area contributed by atoms with Gasteiger partial charge >= 0.3 is 6.03 Å². The van der Waals surface area contributed by atoms with E-state index in [4.69, 9.17) is 9.15 Å². The monoisotopic (exact) mass is 363 g/mol. The molecule has 0 aromatic carbocycles. The fraction of sp³-hybridized carbons (Fsp3) is 0.750.